The SMILES string of the molecule is C=C(C(=C)[Si](C)(C)C)[Si](C)(C)C.Pc1ccccc1.[CH3-].[CH3-].[Si].[Ti+3].c1ccc2c(c1)[cH-]c1ccccc12. The maximum Gasteiger partial charge on any atom is 3.00 e. The molecule has 1 unspecified atom stereocenters. The van der Waals surface area contributed by atoms with E-state index in [0.717, 1.165) is 0 Å². The van der Waals surface area contributed by atoms with Crippen LogP contribution in [0.1, 0.15) is 0 Å². The summed E-state index contributed by atoms with van der Waals surface area (Å²) < 4.78 is 0. The van der Waals surface area contributed by atoms with Crippen molar-refractivity contribution in [2.45, 2.75) is 39.3 Å². The Morgan fingerprint density at radius 2 is 0.917 bits per heavy atom. The molecule has 0 nitrogen and oxygen atoms in total. The molecule has 0 bridgehead atoms. The Kier molecular flexibility index (Phi) is 18.9. The van der Waals surface area contributed by atoms with Crippen molar-refractivity contribution < 1.29 is 21.7 Å². The Morgan fingerprint density at radius 1 is 0.611 bits per heavy atom. The zero-order valence-electron chi connectivity index (χ0n) is 23.6. The molecule has 0 saturated carbocycles. The zero-order chi connectivity index (χ0) is 23.9. The molecule has 5 heteroatoms. The molecular weight excluding hydrogens is 535 g/mol. The molecule has 0 spiro atoms. The topological polar surface area (TPSA) is 0 Å². The van der Waals surface area contributed by atoms with Gasteiger partial charge in [-0.05, 0) is 5.30 Å². The van der Waals surface area contributed by atoms with Crippen molar-refractivity contribution in [3.63, 3.8) is 0 Å². The Morgan fingerprint density at radius 3 is 1.19 bits per heavy atom. The number of hydrogen-bond donors (Lipinski definition) is 0. The molecule has 0 aromatic heterocycles. The largest absolute Gasteiger partial charge is 3.00 e. The van der Waals surface area contributed by atoms with E-state index in [9.17, 15) is 0 Å². The summed E-state index contributed by atoms with van der Waals surface area (Å²) in [6.45, 7) is 22.4. The van der Waals surface area contributed by atoms with Crippen molar-refractivity contribution in [1.29, 1.82) is 0 Å². The molecule has 0 amide bonds. The van der Waals surface area contributed by atoms with Crippen molar-refractivity contribution in [2.75, 3.05) is 0 Å². The van der Waals surface area contributed by atoms with Gasteiger partial charge < -0.3 is 14.9 Å². The van der Waals surface area contributed by atoms with E-state index in [4.69, 9.17) is 0 Å². The maximum absolute atomic E-state index is 4.19. The molecule has 4 aromatic carbocycles. The van der Waals surface area contributed by atoms with Crippen LogP contribution in [0.4, 0.5) is 0 Å². The molecule has 0 aliphatic carbocycles. The number of rotatable bonds is 3. The Balaban J connectivity index is -0.000000446. The van der Waals surface area contributed by atoms with E-state index in [1.807, 2.05) is 30.3 Å². The fourth-order valence-corrected chi connectivity index (χ4v) is 7.55. The molecular formula is C31H44PSi3Ti. The number of benzene rings is 3. The van der Waals surface area contributed by atoms with Crippen molar-refractivity contribution in [3.05, 3.63) is 123 Å². The molecule has 1 atom stereocenters. The van der Waals surface area contributed by atoms with Gasteiger partial charge in [0.05, 0.1) is 16.1 Å². The van der Waals surface area contributed by atoms with E-state index in [-0.39, 0.29) is 47.5 Å². The second-order valence-corrected chi connectivity index (χ2v) is 21.1. The zero-order valence-corrected chi connectivity index (χ0v) is 29.3. The van der Waals surface area contributed by atoms with E-state index in [1.165, 1.54) is 37.2 Å². The van der Waals surface area contributed by atoms with Crippen molar-refractivity contribution >= 4 is 63.2 Å². The predicted octanol–water partition coefficient (Wildman–Crippen LogP) is 9.27. The molecule has 0 N–H and O–H groups in total. The summed E-state index contributed by atoms with van der Waals surface area (Å²) in [6.07, 6.45) is 0. The van der Waals surface area contributed by atoms with Crippen LogP contribution in [0.25, 0.3) is 21.5 Å². The quantitative estimate of drug-likeness (QED) is 0.0982. The second kappa shape index (κ2) is 17.3. The number of hydrogen-bond acceptors (Lipinski definition) is 0. The van der Waals surface area contributed by atoms with E-state index in [2.05, 4.69) is 116 Å². The van der Waals surface area contributed by atoms with E-state index < -0.39 is 16.1 Å². The molecule has 0 saturated heterocycles. The second-order valence-electron chi connectivity index (χ2n) is 10.2. The van der Waals surface area contributed by atoms with E-state index >= 15 is 0 Å². The molecule has 4 rings (SSSR count). The standard InChI is InChI=1S/C13H9.C10H22Si2.C6H7P.2CH3.Si.Ti/c1-3-7-12-10(5-1)9-11-6-2-4-8-13(11)12;1-9(11(3,4)5)10(2)12(6,7)8;7-6-4-2-1-3-5-6;;;;/h1-9H;1-2H2,3-8H3;1-5H,7H2;2*1H3;;/q-1;;;2*-1;;+3. The molecule has 36 heavy (non-hydrogen) atoms. The summed E-state index contributed by atoms with van der Waals surface area (Å²) in [4.78, 5) is 0. The minimum absolute atomic E-state index is 0. The van der Waals surface area contributed by atoms with Gasteiger partial charge >= 0.3 is 21.7 Å². The van der Waals surface area contributed by atoms with Gasteiger partial charge in [0.25, 0.3) is 0 Å². The van der Waals surface area contributed by atoms with Crippen molar-refractivity contribution in [3.8, 4) is 0 Å². The minimum atomic E-state index is -1.19. The van der Waals surface area contributed by atoms with Crippen LogP contribution in [0, 0.1) is 14.9 Å². The summed E-state index contributed by atoms with van der Waals surface area (Å²) in [5, 5.41) is 9.36. The van der Waals surface area contributed by atoms with Gasteiger partial charge in [-0.2, -0.15) is 0 Å². The van der Waals surface area contributed by atoms with Gasteiger partial charge in [0.15, 0.2) is 0 Å². The first kappa shape index (κ1) is 39.3. The van der Waals surface area contributed by atoms with Gasteiger partial charge in [-0.15, -0.1) is 49.0 Å². The van der Waals surface area contributed by atoms with Gasteiger partial charge in [0, 0.05) is 11.0 Å². The number of allylic oxidation sites excluding steroid dienone is 2. The molecule has 0 aliphatic heterocycles. The molecule has 0 heterocycles. The molecule has 5 radical (unpaired) electrons. The predicted molar refractivity (Wildman–Crippen MR) is 176 cm³/mol. The third-order valence-electron chi connectivity index (χ3n) is 5.50. The monoisotopic (exact) mass is 579 g/mol. The molecule has 189 valence electrons. The van der Waals surface area contributed by atoms with Crippen LogP contribution in [0.5, 0.6) is 0 Å². The van der Waals surface area contributed by atoms with Crippen LogP contribution in [-0.2, 0) is 21.7 Å². The van der Waals surface area contributed by atoms with Crippen LogP contribution in [0.2, 0.25) is 39.3 Å². The van der Waals surface area contributed by atoms with Crippen LogP contribution >= 0.6 is 9.24 Å². The fraction of sp³-hybridized carbons (Fsp3) is 0.194. The average Bonchev–Trinajstić information content (AvgIpc) is 3.11. The summed E-state index contributed by atoms with van der Waals surface area (Å²) in [7, 11) is 0.244. The first-order valence-corrected chi connectivity index (χ1v) is 18.7. The summed E-state index contributed by atoms with van der Waals surface area (Å²) in [5.74, 6) is 0. The van der Waals surface area contributed by atoms with Crippen LogP contribution in [0.15, 0.2) is 108 Å². The first-order valence-electron chi connectivity index (χ1n) is 11.1. The fourth-order valence-electron chi connectivity index (χ4n) is 3.26. The molecule has 0 aliphatic rings. The maximum atomic E-state index is 4.19. The van der Waals surface area contributed by atoms with Gasteiger partial charge in [-0.25, -0.2) is 0 Å². The summed E-state index contributed by atoms with van der Waals surface area (Å²) >= 11 is 0. The minimum Gasteiger partial charge on any atom is -0.358 e. The summed E-state index contributed by atoms with van der Waals surface area (Å²) in [6, 6.07) is 29.4. The van der Waals surface area contributed by atoms with Crippen LogP contribution in [0.3, 0.4) is 0 Å². The third kappa shape index (κ3) is 11.9. The van der Waals surface area contributed by atoms with Gasteiger partial charge in [0.1, 0.15) is 0 Å². The van der Waals surface area contributed by atoms with Crippen molar-refractivity contribution in [1.82, 2.24) is 0 Å². The van der Waals surface area contributed by atoms with Crippen LogP contribution < -0.4 is 5.30 Å². The Labute approximate surface area is 246 Å². The van der Waals surface area contributed by atoms with Gasteiger partial charge in [-0.1, -0.05) is 130 Å². The smallest absolute Gasteiger partial charge is 0.358 e. The Hall–Kier alpha value is -1.20. The normalized spacial score (nSPS) is 9.97. The number of fused-ring (bicyclic) bond motifs is 3. The summed E-state index contributed by atoms with van der Waals surface area (Å²) in [5.41, 5.74) is 0. The average molecular weight is 580 g/mol. The van der Waals surface area contributed by atoms with E-state index in [0.29, 0.717) is 0 Å². The van der Waals surface area contributed by atoms with Crippen molar-refractivity contribution in [2.24, 2.45) is 0 Å². The van der Waals surface area contributed by atoms with Crippen LogP contribution in [-0.4, -0.2) is 27.1 Å². The third-order valence-corrected chi connectivity index (χ3v) is 10.4. The molecule has 4 aromatic rings. The van der Waals surface area contributed by atoms with Gasteiger partial charge in [0.2, 0.25) is 0 Å². The Bertz CT molecular complexity index is 1110. The van der Waals surface area contributed by atoms with Gasteiger partial charge in [-0.3, -0.25) is 0 Å². The van der Waals surface area contributed by atoms with E-state index in [1.54, 1.807) is 0 Å². The first-order chi connectivity index (χ1) is 14.9. The molecule has 0 fully saturated rings.